The molecule has 9 nitrogen and oxygen atoms in total. The van der Waals surface area contributed by atoms with Crippen molar-refractivity contribution in [3.8, 4) is 0 Å². The summed E-state index contributed by atoms with van der Waals surface area (Å²) >= 11 is 0. The topological polar surface area (TPSA) is 155 Å². The van der Waals surface area contributed by atoms with Crippen LogP contribution in [0, 0.1) is 0 Å². The Hall–Kier alpha value is -3.69. The van der Waals surface area contributed by atoms with E-state index in [1.54, 1.807) is 0 Å². The first-order valence-corrected chi connectivity index (χ1v) is 12.3. The molecule has 1 aliphatic rings. The molecule has 3 aromatic rings. The predicted octanol–water partition coefficient (Wildman–Crippen LogP) is 1.69. The molecule has 0 fully saturated rings. The Balaban J connectivity index is 1.54. The molecule has 1 aromatic heterocycles. The van der Waals surface area contributed by atoms with E-state index >= 15 is 0 Å². The van der Waals surface area contributed by atoms with Crippen LogP contribution in [0.5, 0.6) is 0 Å². The number of carbonyl (C=O) groups is 3. The molecular weight excluding hydrogens is 458 g/mol. The number of nitrogens with one attached hydrogen (secondary N) is 2. The van der Waals surface area contributed by atoms with Crippen LogP contribution < -0.4 is 16.8 Å². The van der Waals surface area contributed by atoms with Crippen molar-refractivity contribution in [1.29, 1.82) is 0 Å². The summed E-state index contributed by atoms with van der Waals surface area (Å²) in [7, 11) is 0. The predicted molar refractivity (Wildman–Crippen MR) is 137 cm³/mol. The van der Waals surface area contributed by atoms with Gasteiger partial charge >= 0.3 is 5.97 Å². The Bertz CT molecular complexity index is 1240. The molecule has 2 aromatic carbocycles. The first kappa shape index (κ1) is 25.4. The Morgan fingerprint density at radius 1 is 1.08 bits per heavy atom. The van der Waals surface area contributed by atoms with E-state index in [0.29, 0.717) is 32.2 Å². The summed E-state index contributed by atoms with van der Waals surface area (Å²) in [5.41, 5.74) is 15.7. The van der Waals surface area contributed by atoms with Gasteiger partial charge in [-0.3, -0.25) is 9.59 Å². The van der Waals surface area contributed by atoms with Gasteiger partial charge in [-0.1, -0.05) is 42.5 Å². The number of fused-ring (bicyclic) bond motifs is 2. The fourth-order valence-corrected chi connectivity index (χ4v) is 4.84. The van der Waals surface area contributed by atoms with Crippen LogP contribution in [0.4, 0.5) is 0 Å². The average Bonchev–Trinajstić information content (AvgIpc) is 3.29. The summed E-state index contributed by atoms with van der Waals surface area (Å²) in [6.45, 7) is 0.690. The minimum Gasteiger partial charge on any atom is -0.480 e. The Morgan fingerprint density at radius 3 is 2.56 bits per heavy atom. The highest BCUT2D eigenvalue weighted by atomic mass is 16.4. The van der Waals surface area contributed by atoms with E-state index in [0.717, 1.165) is 27.6 Å². The molecule has 0 saturated carbocycles. The summed E-state index contributed by atoms with van der Waals surface area (Å²) in [5, 5.41) is 13.3. The van der Waals surface area contributed by atoms with E-state index in [4.69, 9.17) is 11.5 Å². The maximum absolute atomic E-state index is 13.6. The van der Waals surface area contributed by atoms with Gasteiger partial charge < -0.3 is 31.8 Å². The number of aromatic nitrogens is 1. The van der Waals surface area contributed by atoms with Gasteiger partial charge in [-0.25, -0.2) is 4.79 Å². The first-order chi connectivity index (χ1) is 17.4. The molecule has 0 unspecified atom stereocenters. The number of rotatable bonds is 10. The smallest absolute Gasteiger partial charge is 0.326 e. The Kier molecular flexibility index (Phi) is 8.02. The van der Waals surface area contributed by atoms with Crippen molar-refractivity contribution in [3.05, 3.63) is 71.4 Å². The number of benzene rings is 2. The molecule has 1 aliphatic heterocycles. The van der Waals surface area contributed by atoms with Gasteiger partial charge in [-0.2, -0.15) is 0 Å². The lowest BCUT2D eigenvalue weighted by molar-refractivity contribution is -0.146. The maximum Gasteiger partial charge on any atom is 0.326 e. The molecule has 0 radical (unpaired) electrons. The zero-order valence-corrected chi connectivity index (χ0v) is 20.2. The molecule has 9 heteroatoms. The van der Waals surface area contributed by atoms with Gasteiger partial charge in [0.2, 0.25) is 11.8 Å². The number of hydrogen-bond donors (Lipinski definition) is 5. The van der Waals surface area contributed by atoms with Gasteiger partial charge in [0.1, 0.15) is 12.1 Å². The van der Waals surface area contributed by atoms with E-state index in [9.17, 15) is 19.5 Å². The molecule has 190 valence electrons. The van der Waals surface area contributed by atoms with Crippen LogP contribution >= 0.6 is 0 Å². The fourth-order valence-electron chi connectivity index (χ4n) is 4.84. The second-order valence-electron chi connectivity index (χ2n) is 9.31. The number of nitrogens with two attached hydrogens (primary N) is 2. The molecule has 36 heavy (non-hydrogen) atoms. The van der Waals surface area contributed by atoms with Gasteiger partial charge in [0.25, 0.3) is 0 Å². The van der Waals surface area contributed by atoms with Crippen molar-refractivity contribution in [1.82, 2.24) is 15.2 Å². The van der Waals surface area contributed by atoms with Crippen LogP contribution in [-0.2, 0) is 33.8 Å². The van der Waals surface area contributed by atoms with E-state index in [1.807, 2.05) is 54.7 Å². The summed E-state index contributed by atoms with van der Waals surface area (Å²) < 4.78 is 0. The summed E-state index contributed by atoms with van der Waals surface area (Å²) in [5.74, 6) is -1.94. The second kappa shape index (κ2) is 11.4. The van der Waals surface area contributed by atoms with Crippen molar-refractivity contribution >= 4 is 28.7 Å². The van der Waals surface area contributed by atoms with E-state index in [1.165, 1.54) is 4.90 Å². The highest BCUT2D eigenvalue weighted by molar-refractivity contribution is 5.93. The number of carbonyl (C=O) groups excluding carboxylic acids is 2. The van der Waals surface area contributed by atoms with E-state index < -0.39 is 30.0 Å². The third kappa shape index (κ3) is 5.58. The van der Waals surface area contributed by atoms with Crippen molar-refractivity contribution in [2.24, 2.45) is 11.5 Å². The molecule has 7 N–H and O–H groups in total. The molecule has 0 spiro atoms. The van der Waals surface area contributed by atoms with Crippen LogP contribution in [0.25, 0.3) is 10.9 Å². The first-order valence-electron chi connectivity index (χ1n) is 12.3. The Labute approximate surface area is 209 Å². The zero-order valence-electron chi connectivity index (χ0n) is 20.2. The van der Waals surface area contributed by atoms with Crippen LogP contribution in [-0.4, -0.2) is 57.4 Å². The third-order valence-corrected chi connectivity index (χ3v) is 6.83. The molecule has 0 saturated heterocycles. The number of H-pyrrole nitrogens is 1. The molecule has 0 aliphatic carbocycles. The van der Waals surface area contributed by atoms with Crippen LogP contribution in [0.15, 0.2) is 54.7 Å². The summed E-state index contributed by atoms with van der Waals surface area (Å²) in [6, 6.07) is 12.7. The molecule has 2 amide bonds. The number of aromatic amines is 1. The lowest BCUT2D eigenvalue weighted by Crippen LogP contribution is -2.58. The van der Waals surface area contributed by atoms with Crippen molar-refractivity contribution < 1.29 is 19.5 Å². The van der Waals surface area contributed by atoms with Crippen LogP contribution in [0.3, 0.4) is 0 Å². The fraction of sp³-hybridized carbons (Fsp3) is 0.370. The number of hydrogen-bond acceptors (Lipinski definition) is 5. The van der Waals surface area contributed by atoms with E-state index in [2.05, 4.69) is 10.3 Å². The van der Waals surface area contributed by atoms with Crippen LogP contribution in [0.1, 0.15) is 36.0 Å². The minimum absolute atomic E-state index is 0.236. The quantitative estimate of drug-likeness (QED) is 0.272. The van der Waals surface area contributed by atoms with Gasteiger partial charge in [-0.05, 0) is 55.0 Å². The number of unbranched alkanes of at least 4 members (excludes halogenated alkanes) is 1. The standard InChI is InChI=1S/C27H33N5O4/c28-12-6-5-11-23(27(35)36)31-25(33)24-14-17-7-1-2-8-18(17)16-32(24)26(34)21(29)13-19-15-30-22-10-4-3-9-20(19)22/h1-4,7-10,15,21,23-24,30H,5-6,11-14,16,28-29H2,(H,31,33)(H,35,36)/t21-,23-,24-/m0/s1. The van der Waals surface area contributed by atoms with Crippen molar-refractivity contribution in [2.75, 3.05) is 6.54 Å². The number of aliphatic carboxylic acids is 1. The molecule has 2 heterocycles. The minimum atomic E-state index is -1.11. The van der Waals surface area contributed by atoms with Crippen molar-refractivity contribution in [3.63, 3.8) is 0 Å². The van der Waals surface area contributed by atoms with Crippen molar-refractivity contribution in [2.45, 2.75) is 56.8 Å². The summed E-state index contributed by atoms with van der Waals surface area (Å²) in [4.78, 5) is 43.4. The molecule has 3 atom stereocenters. The lowest BCUT2D eigenvalue weighted by atomic mass is 9.92. The number of carboxylic acid groups (broad SMARTS) is 1. The lowest BCUT2D eigenvalue weighted by Gasteiger charge is -2.37. The normalized spacial score (nSPS) is 16.8. The monoisotopic (exact) mass is 491 g/mol. The average molecular weight is 492 g/mol. The van der Waals surface area contributed by atoms with Crippen LogP contribution in [0.2, 0.25) is 0 Å². The Morgan fingerprint density at radius 2 is 1.81 bits per heavy atom. The second-order valence-corrected chi connectivity index (χ2v) is 9.31. The molecule has 0 bridgehead atoms. The largest absolute Gasteiger partial charge is 0.480 e. The zero-order chi connectivity index (χ0) is 25.7. The number of para-hydroxylation sites is 1. The van der Waals surface area contributed by atoms with Gasteiger partial charge in [0.05, 0.1) is 6.04 Å². The molecule has 4 rings (SSSR count). The maximum atomic E-state index is 13.6. The highest BCUT2D eigenvalue weighted by Gasteiger charge is 2.38. The van der Waals surface area contributed by atoms with Gasteiger partial charge in [0, 0.05) is 30.1 Å². The van der Waals surface area contributed by atoms with Gasteiger partial charge in [0.15, 0.2) is 0 Å². The summed E-state index contributed by atoms with van der Waals surface area (Å²) in [6.07, 6.45) is 3.99. The number of amides is 2. The van der Waals surface area contributed by atoms with E-state index in [-0.39, 0.29) is 18.9 Å². The highest BCUT2D eigenvalue weighted by Crippen LogP contribution is 2.26. The van der Waals surface area contributed by atoms with Gasteiger partial charge in [-0.15, -0.1) is 0 Å². The molecular formula is C27H33N5O4. The third-order valence-electron chi connectivity index (χ3n) is 6.83. The number of nitrogens with zero attached hydrogens (tertiary/aromatic N) is 1. The number of carboxylic acids is 1. The SMILES string of the molecule is NCCCC[C@H](NC(=O)[C@@H]1Cc2ccccc2CN1C(=O)[C@@H](N)Cc1c[nH]c2ccccc12)C(=O)O.